The van der Waals surface area contributed by atoms with Gasteiger partial charge in [0.25, 0.3) is 0 Å². The largest absolute Gasteiger partial charge is 0.244 e. The molecule has 6 nitrogen and oxygen atoms in total. The number of hydrogen-bond acceptors (Lipinski definition) is 5. The van der Waals surface area contributed by atoms with E-state index < -0.39 is 25.9 Å². The van der Waals surface area contributed by atoms with Crippen molar-refractivity contribution in [2.45, 2.75) is 48.1 Å². The molecule has 0 aliphatic rings. The Labute approximate surface area is 217 Å². The Morgan fingerprint density at radius 3 is 2.28 bits per heavy atom. The number of benzene rings is 3. The molecule has 36 heavy (non-hydrogen) atoms. The van der Waals surface area contributed by atoms with Crippen LogP contribution >= 0.6 is 11.6 Å². The summed E-state index contributed by atoms with van der Waals surface area (Å²) in [7, 11) is -6.29. The molecule has 0 amide bonds. The van der Waals surface area contributed by atoms with E-state index in [1.165, 1.54) is 23.6 Å². The monoisotopic (exact) mass is 542 g/mol. The van der Waals surface area contributed by atoms with Crippen LogP contribution in [0.1, 0.15) is 36.6 Å². The second-order valence-corrected chi connectivity index (χ2v) is 12.9. The maximum Gasteiger partial charge on any atom is 0.243 e. The van der Waals surface area contributed by atoms with Crippen molar-refractivity contribution in [1.29, 1.82) is 0 Å². The van der Waals surface area contributed by atoms with E-state index in [0.29, 0.717) is 28.0 Å². The van der Waals surface area contributed by atoms with Crippen LogP contribution in [-0.2, 0) is 26.3 Å². The van der Waals surface area contributed by atoms with Crippen LogP contribution in [0.2, 0.25) is 5.02 Å². The molecule has 0 saturated heterocycles. The van der Waals surface area contributed by atoms with Crippen molar-refractivity contribution in [3.63, 3.8) is 0 Å². The molecule has 4 rings (SSSR count). The summed E-state index contributed by atoms with van der Waals surface area (Å²) < 4.78 is 55.3. The van der Waals surface area contributed by atoms with E-state index >= 15 is 0 Å². The Balaban J connectivity index is 1.76. The molecule has 0 saturated carbocycles. The molecule has 1 atom stereocenters. The first kappa shape index (κ1) is 26.3. The summed E-state index contributed by atoms with van der Waals surface area (Å²) in [4.78, 5) is 4.50. The van der Waals surface area contributed by atoms with Gasteiger partial charge in [0.2, 0.25) is 19.9 Å². The normalized spacial score (nSPS) is 13.3. The van der Waals surface area contributed by atoms with Crippen LogP contribution in [-0.4, -0.2) is 33.2 Å². The van der Waals surface area contributed by atoms with E-state index in [2.05, 4.69) is 4.98 Å². The molecule has 4 aromatic rings. The molecule has 0 fully saturated rings. The highest BCUT2D eigenvalue weighted by molar-refractivity contribution is 7.91. The average molecular weight is 543 g/mol. The minimum Gasteiger partial charge on any atom is -0.244 e. The molecule has 0 radical (unpaired) electrons. The Kier molecular flexibility index (Phi) is 7.26. The lowest BCUT2D eigenvalue weighted by Crippen LogP contribution is -2.30. The summed E-state index contributed by atoms with van der Waals surface area (Å²) in [5, 5.41) is 1.98. The first-order valence-corrected chi connectivity index (χ1v) is 14.7. The highest BCUT2D eigenvalue weighted by atomic mass is 35.5. The van der Waals surface area contributed by atoms with E-state index in [1.807, 2.05) is 19.9 Å². The molecule has 0 spiro atoms. The van der Waals surface area contributed by atoms with Gasteiger partial charge in [-0.3, -0.25) is 0 Å². The molecule has 0 aliphatic carbocycles. The standard InChI is InChI=1S/C27H27ClN2O4S2/c1-5-23-24(15-16-29-27(23)35(31,32)21-11-9-18(2)10-12-21)19(3)30(4)36(33,34)22-13-14-25-20(17-22)7-6-8-26(25)28/h6-17,19H,5H2,1-4H3. The van der Waals surface area contributed by atoms with Crippen molar-refractivity contribution in [2.75, 3.05) is 7.05 Å². The van der Waals surface area contributed by atoms with Crippen LogP contribution in [0.25, 0.3) is 10.8 Å². The Morgan fingerprint density at radius 1 is 0.944 bits per heavy atom. The highest BCUT2D eigenvalue weighted by Crippen LogP contribution is 2.33. The van der Waals surface area contributed by atoms with Gasteiger partial charge < -0.3 is 0 Å². The number of aryl methyl sites for hydroxylation is 1. The molecule has 188 valence electrons. The topological polar surface area (TPSA) is 84.4 Å². The van der Waals surface area contributed by atoms with Crippen molar-refractivity contribution in [3.8, 4) is 0 Å². The second-order valence-electron chi connectivity index (χ2n) is 8.67. The quantitative estimate of drug-likeness (QED) is 0.287. The number of pyridine rings is 1. The van der Waals surface area contributed by atoms with Gasteiger partial charge in [-0.05, 0) is 73.2 Å². The van der Waals surface area contributed by atoms with Crippen molar-refractivity contribution in [1.82, 2.24) is 9.29 Å². The van der Waals surface area contributed by atoms with Gasteiger partial charge in [0.05, 0.1) is 9.79 Å². The van der Waals surface area contributed by atoms with Gasteiger partial charge in [-0.1, -0.05) is 54.4 Å². The summed E-state index contributed by atoms with van der Waals surface area (Å²) in [6.45, 7) is 5.46. The lowest BCUT2D eigenvalue weighted by Gasteiger charge is -2.27. The van der Waals surface area contributed by atoms with Crippen molar-refractivity contribution in [2.24, 2.45) is 0 Å². The van der Waals surface area contributed by atoms with Crippen LogP contribution in [0.5, 0.6) is 0 Å². The summed E-state index contributed by atoms with van der Waals surface area (Å²) in [6.07, 6.45) is 1.79. The van der Waals surface area contributed by atoms with Crippen molar-refractivity contribution >= 4 is 42.2 Å². The highest BCUT2D eigenvalue weighted by Gasteiger charge is 2.31. The summed E-state index contributed by atoms with van der Waals surface area (Å²) in [5.41, 5.74) is 2.04. The van der Waals surface area contributed by atoms with Crippen LogP contribution in [0.15, 0.2) is 87.7 Å². The molecule has 1 aromatic heterocycles. The van der Waals surface area contributed by atoms with Crippen LogP contribution < -0.4 is 0 Å². The number of aromatic nitrogens is 1. The SMILES string of the molecule is CCc1c(C(C)N(C)S(=O)(=O)c2ccc3c(Cl)cccc3c2)ccnc1S(=O)(=O)c1ccc(C)cc1. The van der Waals surface area contributed by atoms with Crippen LogP contribution in [0.4, 0.5) is 0 Å². The van der Waals surface area contributed by atoms with Gasteiger partial charge in [-0.25, -0.2) is 21.8 Å². The Bertz CT molecular complexity index is 1650. The molecule has 0 N–H and O–H groups in total. The van der Waals surface area contributed by atoms with E-state index in [1.54, 1.807) is 61.5 Å². The second kappa shape index (κ2) is 9.94. The first-order valence-electron chi connectivity index (χ1n) is 11.4. The van der Waals surface area contributed by atoms with E-state index in [4.69, 9.17) is 11.6 Å². The van der Waals surface area contributed by atoms with Gasteiger partial charge in [-0.2, -0.15) is 4.31 Å². The summed E-state index contributed by atoms with van der Waals surface area (Å²) in [5.74, 6) is 0. The number of halogens is 1. The number of hydrogen-bond donors (Lipinski definition) is 0. The van der Waals surface area contributed by atoms with Crippen molar-refractivity contribution in [3.05, 3.63) is 94.6 Å². The van der Waals surface area contributed by atoms with E-state index in [-0.39, 0.29) is 14.8 Å². The number of nitrogens with zero attached hydrogens (tertiary/aromatic N) is 2. The molecule has 0 bridgehead atoms. The zero-order chi connectivity index (χ0) is 26.3. The smallest absolute Gasteiger partial charge is 0.243 e. The molecule has 9 heteroatoms. The third-order valence-electron chi connectivity index (χ3n) is 6.46. The zero-order valence-corrected chi connectivity index (χ0v) is 22.8. The third-order valence-corrected chi connectivity index (χ3v) is 10.5. The fourth-order valence-corrected chi connectivity index (χ4v) is 7.37. The van der Waals surface area contributed by atoms with Crippen LogP contribution in [0.3, 0.4) is 0 Å². The lowest BCUT2D eigenvalue weighted by molar-refractivity contribution is 0.395. The van der Waals surface area contributed by atoms with Gasteiger partial charge >= 0.3 is 0 Å². The number of sulfone groups is 1. The van der Waals surface area contributed by atoms with Gasteiger partial charge in [0, 0.05) is 29.7 Å². The fourth-order valence-electron chi connectivity index (χ4n) is 4.25. The molecular formula is C27H27ClN2O4S2. The van der Waals surface area contributed by atoms with Gasteiger partial charge in [0.1, 0.15) is 0 Å². The minimum atomic E-state index is -3.90. The number of rotatable bonds is 7. The number of sulfonamides is 1. The minimum absolute atomic E-state index is 0.0515. The third kappa shape index (κ3) is 4.66. The maximum atomic E-state index is 13.6. The zero-order valence-electron chi connectivity index (χ0n) is 20.4. The molecule has 3 aromatic carbocycles. The lowest BCUT2D eigenvalue weighted by atomic mass is 10.0. The average Bonchev–Trinajstić information content (AvgIpc) is 2.87. The van der Waals surface area contributed by atoms with E-state index in [0.717, 1.165) is 10.9 Å². The fraction of sp³-hybridized carbons (Fsp3) is 0.222. The maximum absolute atomic E-state index is 13.6. The van der Waals surface area contributed by atoms with E-state index in [9.17, 15) is 16.8 Å². The summed E-state index contributed by atoms with van der Waals surface area (Å²) in [6, 6.07) is 17.8. The summed E-state index contributed by atoms with van der Waals surface area (Å²) >= 11 is 6.24. The predicted octanol–water partition coefficient (Wildman–Crippen LogP) is 5.97. The molecule has 1 heterocycles. The Morgan fingerprint density at radius 2 is 1.61 bits per heavy atom. The Hall–Kier alpha value is -2.78. The number of fused-ring (bicyclic) bond motifs is 1. The molecule has 1 unspecified atom stereocenters. The predicted molar refractivity (Wildman–Crippen MR) is 143 cm³/mol. The van der Waals surface area contributed by atoms with Crippen molar-refractivity contribution < 1.29 is 16.8 Å². The first-order chi connectivity index (χ1) is 17.0. The van der Waals surface area contributed by atoms with Crippen LogP contribution in [0, 0.1) is 6.92 Å². The van der Waals surface area contributed by atoms with Gasteiger partial charge in [0.15, 0.2) is 5.03 Å². The molecular weight excluding hydrogens is 516 g/mol. The van der Waals surface area contributed by atoms with Gasteiger partial charge in [-0.15, -0.1) is 0 Å². The molecule has 0 aliphatic heterocycles.